The molecule has 0 saturated carbocycles. The fourth-order valence-corrected chi connectivity index (χ4v) is 2.87. The van der Waals surface area contributed by atoms with Gasteiger partial charge in [-0.05, 0) is 24.6 Å². The Morgan fingerprint density at radius 3 is 2.96 bits per heavy atom. The molecular weight excluding hydrogens is 318 g/mol. The van der Waals surface area contributed by atoms with Gasteiger partial charge in [0.05, 0.1) is 12.1 Å². The van der Waals surface area contributed by atoms with Gasteiger partial charge in [0, 0.05) is 38.5 Å². The van der Waals surface area contributed by atoms with Gasteiger partial charge in [-0.15, -0.1) is 0 Å². The number of carbonyl (C=O) groups is 1. The standard InChI is InChI=1S/C18H19N5O2/c1-12-3-6-22-17(15(12)10-19)23-8-5-14(11-23)25-13-4-7-21-16(9-13)18(24)20-2/h3-4,6-7,9,14H,5,8,11H2,1-2H3,(H,20,24). The molecule has 2 aromatic rings. The maximum absolute atomic E-state index is 11.7. The predicted molar refractivity (Wildman–Crippen MR) is 92.6 cm³/mol. The number of pyridine rings is 2. The monoisotopic (exact) mass is 337 g/mol. The molecule has 0 aliphatic carbocycles. The lowest BCUT2D eigenvalue weighted by molar-refractivity contribution is 0.0957. The van der Waals surface area contributed by atoms with Gasteiger partial charge in [0.15, 0.2) is 0 Å². The van der Waals surface area contributed by atoms with Gasteiger partial charge in [-0.3, -0.25) is 9.78 Å². The van der Waals surface area contributed by atoms with E-state index in [1.165, 1.54) is 0 Å². The highest BCUT2D eigenvalue weighted by Crippen LogP contribution is 2.26. The van der Waals surface area contributed by atoms with Crippen LogP contribution < -0.4 is 15.0 Å². The summed E-state index contributed by atoms with van der Waals surface area (Å²) in [5.41, 5.74) is 1.84. The summed E-state index contributed by atoms with van der Waals surface area (Å²) >= 11 is 0. The van der Waals surface area contributed by atoms with Crippen molar-refractivity contribution in [2.24, 2.45) is 0 Å². The molecular formula is C18H19N5O2. The average molecular weight is 337 g/mol. The van der Waals surface area contributed by atoms with E-state index in [0.717, 1.165) is 18.5 Å². The molecule has 7 nitrogen and oxygen atoms in total. The van der Waals surface area contributed by atoms with Crippen molar-refractivity contribution in [2.45, 2.75) is 19.4 Å². The lowest BCUT2D eigenvalue weighted by Crippen LogP contribution is -2.26. The van der Waals surface area contributed by atoms with E-state index in [0.29, 0.717) is 29.4 Å². The third-order valence-electron chi connectivity index (χ3n) is 4.19. The van der Waals surface area contributed by atoms with Gasteiger partial charge in [-0.25, -0.2) is 4.98 Å². The van der Waals surface area contributed by atoms with Gasteiger partial charge in [-0.2, -0.15) is 5.26 Å². The first-order valence-corrected chi connectivity index (χ1v) is 8.08. The van der Waals surface area contributed by atoms with Crippen molar-refractivity contribution >= 4 is 11.7 Å². The lowest BCUT2D eigenvalue weighted by Gasteiger charge is -2.19. The molecule has 0 bridgehead atoms. The predicted octanol–water partition coefficient (Wildman–Crippen LogP) is 1.67. The van der Waals surface area contributed by atoms with E-state index in [2.05, 4.69) is 26.3 Å². The first-order valence-electron chi connectivity index (χ1n) is 8.08. The largest absolute Gasteiger partial charge is 0.488 e. The van der Waals surface area contributed by atoms with Gasteiger partial charge >= 0.3 is 0 Å². The zero-order valence-corrected chi connectivity index (χ0v) is 14.2. The molecule has 3 rings (SSSR count). The van der Waals surface area contributed by atoms with Crippen LogP contribution in [0.5, 0.6) is 5.75 Å². The van der Waals surface area contributed by atoms with Crippen LogP contribution in [0.2, 0.25) is 0 Å². The topological polar surface area (TPSA) is 91.1 Å². The normalized spacial score (nSPS) is 16.4. The number of rotatable bonds is 4. The molecule has 0 spiro atoms. The number of aryl methyl sites for hydroxylation is 1. The number of nitriles is 1. The Hall–Kier alpha value is -3.14. The van der Waals surface area contributed by atoms with E-state index in [-0.39, 0.29) is 12.0 Å². The van der Waals surface area contributed by atoms with Crippen LogP contribution >= 0.6 is 0 Å². The van der Waals surface area contributed by atoms with Crippen molar-refractivity contribution in [2.75, 3.05) is 25.0 Å². The molecule has 25 heavy (non-hydrogen) atoms. The quantitative estimate of drug-likeness (QED) is 0.912. The van der Waals surface area contributed by atoms with Gasteiger partial charge < -0.3 is 15.0 Å². The Morgan fingerprint density at radius 1 is 1.40 bits per heavy atom. The third kappa shape index (κ3) is 3.53. The molecule has 1 atom stereocenters. The smallest absolute Gasteiger partial charge is 0.269 e. The highest BCUT2D eigenvalue weighted by Gasteiger charge is 2.27. The SMILES string of the molecule is CNC(=O)c1cc(OC2CCN(c3nccc(C)c3C#N)C2)ccn1. The summed E-state index contributed by atoms with van der Waals surface area (Å²) in [6, 6.07) is 7.44. The Balaban J connectivity index is 1.71. The van der Waals surface area contributed by atoms with E-state index in [4.69, 9.17) is 4.74 Å². The second kappa shape index (κ2) is 7.18. The first-order chi connectivity index (χ1) is 12.1. The summed E-state index contributed by atoms with van der Waals surface area (Å²) in [5, 5.41) is 11.9. The van der Waals surface area contributed by atoms with Crippen molar-refractivity contribution in [3.8, 4) is 11.8 Å². The van der Waals surface area contributed by atoms with Crippen LogP contribution in [0.15, 0.2) is 30.6 Å². The number of anilines is 1. The number of hydrogen-bond donors (Lipinski definition) is 1. The summed E-state index contributed by atoms with van der Waals surface area (Å²) in [7, 11) is 1.56. The highest BCUT2D eigenvalue weighted by atomic mass is 16.5. The molecule has 7 heteroatoms. The van der Waals surface area contributed by atoms with Crippen LogP contribution in [0, 0.1) is 18.3 Å². The molecule has 3 heterocycles. The number of aromatic nitrogens is 2. The molecule has 1 saturated heterocycles. The van der Waals surface area contributed by atoms with Gasteiger partial charge in [0.25, 0.3) is 5.91 Å². The van der Waals surface area contributed by atoms with Crippen molar-refractivity contribution < 1.29 is 9.53 Å². The highest BCUT2D eigenvalue weighted by molar-refractivity contribution is 5.92. The second-order valence-corrected chi connectivity index (χ2v) is 5.87. The van der Waals surface area contributed by atoms with Crippen LogP contribution in [0.25, 0.3) is 0 Å². The van der Waals surface area contributed by atoms with Gasteiger partial charge in [-0.1, -0.05) is 0 Å². The van der Waals surface area contributed by atoms with Crippen LogP contribution in [-0.4, -0.2) is 42.1 Å². The number of nitrogens with one attached hydrogen (secondary N) is 1. The second-order valence-electron chi connectivity index (χ2n) is 5.87. The van der Waals surface area contributed by atoms with Gasteiger partial charge in [0.1, 0.15) is 29.4 Å². The molecule has 1 amide bonds. The fourth-order valence-electron chi connectivity index (χ4n) is 2.87. The zero-order valence-electron chi connectivity index (χ0n) is 14.2. The molecule has 1 unspecified atom stereocenters. The molecule has 1 aliphatic heterocycles. The van der Waals surface area contributed by atoms with E-state index >= 15 is 0 Å². The van der Waals surface area contributed by atoms with E-state index in [1.54, 1.807) is 31.6 Å². The summed E-state index contributed by atoms with van der Waals surface area (Å²) < 4.78 is 5.99. The molecule has 0 radical (unpaired) electrons. The van der Waals surface area contributed by atoms with Crippen LogP contribution in [0.1, 0.15) is 28.0 Å². The minimum atomic E-state index is -0.249. The number of amides is 1. The molecule has 0 aromatic carbocycles. The molecule has 2 aromatic heterocycles. The lowest BCUT2D eigenvalue weighted by atomic mass is 10.1. The minimum absolute atomic E-state index is 0.0335. The maximum atomic E-state index is 11.7. The van der Waals surface area contributed by atoms with E-state index in [9.17, 15) is 10.1 Å². The van der Waals surface area contributed by atoms with Crippen molar-refractivity contribution in [3.63, 3.8) is 0 Å². The third-order valence-corrected chi connectivity index (χ3v) is 4.19. The zero-order chi connectivity index (χ0) is 17.8. The fraction of sp³-hybridized carbons (Fsp3) is 0.333. The summed E-state index contributed by atoms with van der Waals surface area (Å²) in [6.07, 6.45) is 4.06. The van der Waals surface area contributed by atoms with Crippen LogP contribution in [0.3, 0.4) is 0 Å². The Kier molecular flexibility index (Phi) is 4.80. The summed E-state index contributed by atoms with van der Waals surface area (Å²) in [4.78, 5) is 22.1. The molecule has 128 valence electrons. The minimum Gasteiger partial charge on any atom is -0.488 e. The molecule has 1 N–H and O–H groups in total. The van der Waals surface area contributed by atoms with Crippen LogP contribution in [0.4, 0.5) is 5.82 Å². The van der Waals surface area contributed by atoms with Crippen LogP contribution in [-0.2, 0) is 0 Å². The summed E-state index contributed by atoms with van der Waals surface area (Å²) in [5.74, 6) is 1.06. The Labute approximate surface area is 146 Å². The Morgan fingerprint density at radius 2 is 2.20 bits per heavy atom. The number of ether oxygens (including phenoxy) is 1. The summed E-state index contributed by atoms with van der Waals surface area (Å²) in [6.45, 7) is 3.32. The van der Waals surface area contributed by atoms with E-state index < -0.39 is 0 Å². The molecule has 1 fully saturated rings. The molecule has 1 aliphatic rings. The maximum Gasteiger partial charge on any atom is 0.269 e. The first kappa shape index (κ1) is 16.7. The van der Waals surface area contributed by atoms with Crippen molar-refractivity contribution in [3.05, 3.63) is 47.4 Å². The van der Waals surface area contributed by atoms with Crippen molar-refractivity contribution in [1.29, 1.82) is 5.26 Å². The van der Waals surface area contributed by atoms with Crippen molar-refractivity contribution in [1.82, 2.24) is 15.3 Å². The number of hydrogen-bond acceptors (Lipinski definition) is 6. The average Bonchev–Trinajstić information content (AvgIpc) is 3.09. The Bertz CT molecular complexity index is 830. The van der Waals surface area contributed by atoms with Gasteiger partial charge in [0.2, 0.25) is 0 Å². The van der Waals surface area contributed by atoms with E-state index in [1.807, 2.05) is 13.0 Å². The number of carbonyl (C=O) groups excluding carboxylic acids is 1. The number of nitrogens with zero attached hydrogens (tertiary/aromatic N) is 4.